The van der Waals surface area contributed by atoms with Crippen molar-refractivity contribution in [2.45, 2.75) is 51.6 Å². The molecule has 3 N–H and O–H groups in total. The first-order valence-corrected chi connectivity index (χ1v) is 14.6. The van der Waals surface area contributed by atoms with Crippen molar-refractivity contribution in [3.8, 4) is 5.75 Å². The summed E-state index contributed by atoms with van der Waals surface area (Å²) in [7, 11) is 0. The van der Waals surface area contributed by atoms with E-state index in [4.69, 9.17) is 9.90 Å². The van der Waals surface area contributed by atoms with Crippen LogP contribution in [0.5, 0.6) is 5.75 Å². The topological polar surface area (TPSA) is 107 Å². The number of halogens is 6. The normalized spacial score (nSPS) is 16.1. The number of ether oxygens (including phenoxy) is 1. The third kappa shape index (κ3) is 9.50. The van der Waals surface area contributed by atoms with Crippen LogP contribution < -0.4 is 20.3 Å². The number of carbonyl (C=O) groups excluding carboxylic acids is 1. The second kappa shape index (κ2) is 13.7. The van der Waals surface area contributed by atoms with Gasteiger partial charge in [-0.1, -0.05) is 32.9 Å². The fraction of sp³-hybridized carbons (Fsp3) is 0.406. The number of carboxylic acids is 1. The van der Waals surface area contributed by atoms with Gasteiger partial charge in [-0.15, -0.1) is 13.2 Å². The molecule has 0 saturated carbocycles. The van der Waals surface area contributed by atoms with Gasteiger partial charge in [0.05, 0.1) is 23.3 Å². The molecule has 1 spiro atoms. The van der Waals surface area contributed by atoms with Crippen LogP contribution in [-0.4, -0.2) is 65.7 Å². The lowest BCUT2D eigenvalue weighted by Crippen LogP contribution is -2.46. The third-order valence-corrected chi connectivity index (χ3v) is 7.67. The van der Waals surface area contributed by atoms with Crippen LogP contribution in [0.2, 0.25) is 0 Å². The summed E-state index contributed by atoms with van der Waals surface area (Å²) in [6, 6.07) is 14.2. The van der Waals surface area contributed by atoms with E-state index in [1.807, 2.05) is 36.7 Å². The Morgan fingerprint density at radius 2 is 1.53 bits per heavy atom. The van der Waals surface area contributed by atoms with Gasteiger partial charge in [-0.3, -0.25) is 4.98 Å². The molecule has 254 valence electrons. The molecule has 1 aromatic heterocycles. The van der Waals surface area contributed by atoms with Crippen LogP contribution in [0.4, 0.5) is 53.9 Å². The summed E-state index contributed by atoms with van der Waals surface area (Å²) in [5, 5.41) is 12.7. The van der Waals surface area contributed by atoms with Crippen LogP contribution in [0.15, 0.2) is 67.0 Å². The van der Waals surface area contributed by atoms with Crippen LogP contribution in [0.3, 0.4) is 0 Å². The number of nitrogens with one attached hydrogen (secondary N) is 2. The van der Waals surface area contributed by atoms with E-state index in [9.17, 15) is 31.1 Å². The van der Waals surface area contributed by atoms with Gasteiger partial charge in [-0.05, 0) is 79.4 Å². The molecule has 15 heteroatoms. The van der Waals surface area contributed by atoms with E-state index in [0.29, 0.717) is 11.4 Å². The number of nitrogens with zero attached hydrogens (tertiary/aromatic N) is 3. The van der Waals surface area contributed by atoms with E-state index in [-0.39, 0.29) is 16.6 Å². The summed E-state index contributed by atoms with van der Waals surface area (Å²) < 4.78 is 72.9. The largest absolute Gasteiger partial charge is 0.573 e. The second-order valence-corrected chi connectivity index (χ2v) is 12.6. The summed E-state index contributed by atoms with van der Waals surface area (Å²) in [6.45, 7) is 10.7. The number of para-hydroxylation sites is 2. The van der Waals surface area contributed by atoms with Crippen molar-refractivity contribution in [2.24, 2.45) is 5.41 Å². The maximum absolute atomic E-state index is 12.9. The molecule has 5 rings (SSSR count). The van der Waals surface area contributed by atoms with Crippen molar-refractivity contribution in [1.82, 2.24) is 9.88 Å². The molecule has 0 atom stereocenters. The molecule has 0 unspecified atom stereocenters. The number of benzene rings is 2. The van der Waals surface area contributed by atoms with Crippen molar-refractivity contribution in [2.75, 3.05) is 41.7 Å². The number of piperidine rings is 1. The van der Waals surface area contributed by atoms with Crippen molar-refractivity contribution >= 4 is 34.7 Å². The maximum atomic E-state index is 12.9. The number of amides is 2. The van der Waals surface area contributed by atoms with E-state index < -0.39 is 24.5 Å². The molecule has 1 fully saturated rings. The number of aromatic nitrogens is 1. The van der Waals surface area contributed by atoms with Crippen molar-refractivity contribution < 1.29 is 45.8 Å². The molecule has 9 nitrogen and oxygen atoms in total. The Hall–Kier alpha value is -4.53. The number of carboxylic acid groups (broad SMARTS) is 1. The molecule has 2 amide bonds. The summed E-state index contributed by atoms with van der Waals surface area (Å²) >= 11 is 0. The molecule has 0 bridgehead atoms. The third-order valence-electron chi connectivity index (χ3n) is 7.67. The van der Waals surface area contributed by atoms with Crippen molar-refractivity contribution in [3.05, 3.63) is 72.6 Å². The Labute approximate surface area is 267 Å². The van der Waals surface area contributed by atoms with Crippen molar-refractivity contribution in [1.29, 1.82) is 0 Å². The number of hydrogen-bond donors (Lipinski definition) is 3. The predicted molar refractivity (Wildman–Crippen MR) is 164 cm³/mol. The molecule has 2 aliphatic heterocycles. The lowest BCUT2D eigenvalue weighted by atomic mass is 9.74. The van der Waals surface area contributed by atoms with E-state index >= 15 is 0 Å². The van der Waals surface area contributed by atoms with Crippen LogP contribution >= 0.6 is 0 Å². The minimum atomic E-state index is -5.08. The smallest absolute Gasteiger partial charge is 0.475 e. The fourth-order valence-electron chi connectivity index (χ4n) is 5.81. The number of carbonyl (C=O) groups is 2. The lowest BCUT2D eigenvalue weighted by Gasteiger charge is -2.42. The van der Waals surface area contributed by atoms with Gasteiger partial charge in [0.25, 0.3) is 0 Å². The zero-order chi connectivity index (χ0) is 34.6. The summed E-state index contributed by atoms with van der Waals surface area (Å²) in [5.41, 5.74) is 4.39. The van der Waals surface area contributed by atoms with E-state index in [1.165, 1.54) is 17.7 Å². The lowest BCUT2D eigenvalue weighted by molar-refractivity contribution is -0.274. The molecule has 1 saturated heterocycles. The Morgan fingerprint density at radius 1 is 0.915 bits per heavy atom. The van der Waals surface area contributed by atoms with Gasteiger partial charge < -0.3 is 30.3 Å². The number of anilines is 4. The molecule has 0 aliphatic carbocycles. The zero-order valence-electron chi connectivity index (χ0n) is 25.9. The monoisotopic (exact) mass is 667 g/mol. The first-order valence-electron chi connectivity index (χ1n) is 14.6. The maximum Gasteiger partial charge on any atom is 0.573 e. The summed E-state index contributed by atoms with van der Waals surface area (Å²) in [5.74, 6) is -3.12. The Morgan fingerprint density at radius 3 is 2.11 bits per heavy atom. The number of urea groups is 1. The quantitative estimate of drug-likeness (QED) is 0.239. The number of aliphatic carboxylic acids is 1. The fourth-order valence-corrected chi connectivity index (χ4v) is 5.81. The molecule has 3 aromatic rings. The Balaban J connectivity index is 0.000000644. The molecular formula is C32H35F6N5O4. The summed E-state index contributed by atoms with van der Waals surface area (Å²) in [6.07, 6.45) is -4.02. The van der Waals surface area contributed by atoms with Gasteiger partial charge in [0.2, 0.25) is 0 Å². The zero-order valence-corrected chi connectivity index (χ0v) is 25.9. The number of alkyl halides is 6. The second-order valence-electron chi connectivity index (χ2n) is 12.6. The molecule has 0 radical (unpaired) electrons. The van der Waals surface area contributed by atoms with E-state index in [0.717, 1.165) is 62.5 Å². The van der Waals surface area contributed by atoms with Gasteiger partial charge in [-0.25, -0.2) is 9.59 Å². The number of likely N-dealkylation sites (tertiary alicyclic amines) is 1. The number of rotatable bonds is 5. The first kappa shape index (κ1) is 35.3. The van der Waals surface area contributed by atoms with Crippen LogP contribution in [0.25, 0.3) is 0 Å². The van der Waals surface area contributed by atoms with E-state index in [1.54, 1.807) is 0 Å². The predicted octanol–water partition coefficient (Wildman–Crippen LogP) is 7.79. The first-order chi connectivity index (χ1) is 21.9. The number of fused-ring (bicyclic) bond motifs is 2. The van der Waals surface area contributed by atoms with Gasteiger partial charge in [0, 0.05) is 30.4 Å². The highest BCUT2D eigenvalue weighted by molar-refractivity contribution is 6.02. The molecule has 47 heavy (non-hydrogen) atoms. The van der Waals surface area contributed by atoms with Gasteiger partial charge in [-0.2, -0.15) is 13.2 Å². The highest BCUT2D eigenvalue weighted by Gasteiger charge is 2.46. The number of hydrogen-bond acceptors (Lipinski definition) is 6. The van der Waals surface area contributed by atoms with Crippen molar-refractivity contribution in [3.63, 3.8) is 0 Å². The molecule has 2 aromatic carbocycles. The molecule has 2 aliphatic rings. The van der Waals surface area contributed by atoms with Gasteiger partial charge in [0.1, 0.15) is 5.75 Å². The van der Waals surface area contributed by atoms with Crippen LogP contribution in [0.1, 0.15) is 39.2 Å². The number of pyridine rings is 1. The molecular weight excluding hydrogens is 632 g/mol. The van der Waals surface area contributed by atoms with Gasteiger partial charge in [0.15, 0.2) is 0 Å². The van der Waals surface area contributed by atoms with Crippen LogP contribution in [-0.2, 0) is 10.2 Å². The minimum absolute atomic E-state index is 0.00224. The van der Waals surface area contributed by atoms with Gasteiger partial charge >= 0.3 is 24.5 Å². The Kier molecular flexibility index (Phi) is 10.3. The van der Waals surface area contributed by atoms with E-state index in [2.05, 4.69) is 57.0 Å². The molecule has 3 heterocycles. The Bertz CT molecular complexity index is 1550. The van der Waals surface area contributed by atoms with Crippen LogP contribution in [0, 0.1) is 5.41 Å². The summed E-state index contributed by atoms with van der Waals surface area (Å²) in [4.78, 5) is 31.0. The average molecular weight is 668 g/mol. The highest BCUT2D eigenvalue weighted by Crippen LogP contribution is 2.50. The highest BCUT2D eigenvalue weighted by atomic mass is 19.4. The minimum Gasteiger partial charge on any atom is -0.475 e. The average Bonchev–Trinajstić information content (AvgIpc) is 3.28. The SMILES string of the molecule is CC(C)(C)CN1CCC2(CC1)CN(c1ccccc1NC(=O)Nc1ccc(OC(F)(F)F)cc1)c1cnccc12.O=C(O)C(F)(F)F. The standard InChI is InChI=1S/C30H34F3N5O2.C2HF3O2/c1-28(2,3)19-37-16-13-29(14-17-37)20-38(26-18-34-15-12-23(26)29)25-7-5-4-6-24(25)36-27(39)35-21-8-10-22(11-9-21)40-30(31,32)33;3-2(4,5)1(6)7/h4-12,15,18H,13-14,16-17,19-20H2,1-3H3,(H2,35,36,39);(H,6,7).